The van der Waals surface area contributed by atoms with Gasteiger partial charge < -0.3 is 5.73 Å². The maximum atomic E-state index is 5.87. The molecule has 0 saturated carbocycles. The minimum absolute atomic E-state index is 0.0729. The number of halogens is 1. The van der Waals surface area contributed by atoms with Crippen molar-refractivity contribution in [2.75, 3.05) is 0 Å². The molecule has 0 bridgehead atoms. The second kappa shape index (κ2) is 3.64. The fourth-order valence-corrected chi connectivity index (χ4v) is 2.03. The van der Waals surface area contributed by atoms with E-state index < -0.39 is 0 Å². The van der Waals surface area contributed by atoms with Crippen molar-refractivity contribution < 1.29 is 0 Å². The van der Waals surface area contributed by atoms with Gasteiger partial charge in [-0.15, -0.1) is 0 Å². The van der Waals surface area contributed by atoms with Crippen molar-refractivity contribution in [1.82, 2.24) is 0 Å². The lowest BCUT2D eigenvalue weighted by molar-refractivity contribution is 1.09. The first kappa shape index (κ1) is 8.97. The van der Waals surface area contributed by atoms with Gasteiger partial charge in [-0.2, -0.15) is 0 Å². The summed E-state index contributed by atoms with van der Waals surface area (Å²) in [6.07, 6.45) is 0. The van der Waals surface area contributed by atoms with Gasteiger partial charge in [-0.25, -0.2) is 0 Å². The van der Waals surface area contributed by atoms with Crippen molar-refractivity contribution in [1.29, 1.82) is 0 Å². The van der Waals surface area contributed by atoms with Gasteiger partial charge in [-0.1, -0.05) is 65.1 Å². The van der Waals surface area contributed by atoms with E-state index >= 15 is 0 Å². The van der Waals surface area contributed by atoms with Crippen LogP contribution in [-0.2, 0) is 0 Å². The first-order valence-electron chi connectivity index (χ1n) is 4.16. The fraction of sp³-hybridized carbons (Fsp3) is 0.0909. The third-order valence-electron chi connectivity index (χ3n) is 2.12. The van der Waals surface area contributed by atoms with Crippen LogP contribution in [-0.4, -0.2) is 0 Å². The topological polar surface area (TPSA) is 26.0 Å². The smallest absolute Gasteiger partial charge is 0.0830 e. The van der Waals surface area contributed by atoms with Crippen molar-refractivity contribution in [3.8, 4) is 0 Å². The third kappa shape index (κ3) is 1.69. The molecule has 0 amide bonds. The zero-order valence-electron chi connectivity index (χ0n) is 7.07. The Morgan fingerprint density at radius 1 is 1.00 bits per heavy atom. The van der Waals surface area contributed by atoms with E-state index in [0.717, 1.165) is 0 Å². The van der Waals surface area contributed by atoms with Crippen LogP contribution in [0.5, 0.6) is 0 Å². The van der Waals surface area contributed by atoms with Crippen LogP contribution in [0.4, 0.5) is 0 Å². The fourth-order valence-electron chi connectivity index (χ4n) is 1.49. The molecular weight excluding hydrogens is 273 g/mol. The Morgan fingerprint density at radius 2 is 1.69 bits per heavy atom. The highest BCUT2D eigenvalue weighted by molar-refractivity contribution is 14.1. The quantitative estimate of drug-likeness (QED) is 0.485. The highest BCUT2D eigenvalue weighted by atomic mass is 127. The monoisotopic (exact) mass is 283 g/mol. The van der Waals surface area contributed by atoms with E-state index in [0.29, 0.717) is 0 Å². The molecular formula is C11H10IN. The number of alkyl halides is 1. The van der Waals surface area contributed by atoms with Crippen molar-refractivity contribution in [2.45, 2.75) is 4.05 Å². The molecule has 0 fully saturated rings. The lowest BCUT2D eigenvalue weighted by Gasteiger charge is -2.07. The lowest BCUT2D eigenvalue weighted by Crippen LogP contribution is -2.01. The number of fused-ring (bicyclic) bond motifs is 1. The van der Waals surface area contributed by atoms with Crippen LogP contribution in [0.2, 0.25) is 0 Å². The van der Waals surface area contributed by atoms with E-state index in [2.05, 4.69) is 52.9 Å². The summed E-state index contributed by atoms with van der Waals surface area (Å²) in [6.45, 7) is 0. The van der Waals surface area contributed by atoms with Gasteiger partial charge in [0, 0.05) is 0 Å². The second-order valence-corrected chi connectivity index (χ2v) is 4.31. The molecule has 2 rings (SSSR count). The van der Waals surface area contributed by atoms with Crippen LogP contribution in [0.15, 0.2) is 42.5 Å². The molecule has 0 saturated heterocycles. The normalized spacial score (nSPS) is 13.1. The van der Waals surface area contributed by atoms with Crippen molar-refractivity contribution in [3.05, 3.63) is 48.0 Å². The van der Waals surface area contributed by atoms with Gasteiger partial charge in [-0.05, 0) is 16.3 Å². The summed E-state index contributed by atoms with van der Waals surface area (Å²) in [5, 5.41) is 2.51. The molecule has 1 atom stereocenters. The lowest BCUT2D eigenvalue weighted by atomic mass is 10.1. The number of benzene rings is 2. The summed E-state index contributed by atoms with van der Waals surface area (Å²) in [6, 6.07) is 14.6. The molecule has 0 spiro atoms. The first-order valence-corrected chi connectivity index (χ1v) is 5.41. The Hall–Kier alpha value is -0.610. The SMILES string of the molecule is NC(I)c1cccc2ccccc12. The molecule has 2 aromatic rings. The predicted molar refractivity (Wildman–Crippen MR) is 64.9 cm³/mol. The molecule has 0 aromatic heterocycles. The average Bonchev–Trinajstić information content (AvgIpc) is 2.17. The summed E-state index contributed by atoms with van der Waals surface area (Å²) in [7, 11) is 0. The summed E-state index contributed by atoms with van der Waals surface area (Å²) in [4.78, 5) is 0. The van der Waals surface area contributed by atoms with Crippen molar-refractivity contribution in [2.24, 2.45) is 5.73 Å². The Labute approximate surface area is 91.1 Å². The van der Waals surface area contributed by atoms with Gasteiger partial charge in [0.25, 0.3) is 0 Å². The van der Waals surface area contributed by atoms with Crippen LogP contribution in [0, 0.1) is 0 Å². The molecule has 2 N–H and O–H groups in total. The Bertz CT molecular complexity index is 418. The molecule has 2 aromatic carbocycles. The highest BCUT2D eigenvalue weighted by Crippen LogP contribution is 2.25. The second-order valence-electron chi connectivity index (χ2n) is 2.97. The molecule has 0 aliphatic rings. The van der Waals surface area contributed by atoms with Gasteiger partial charge in [0.15, 0.2) is 0 Å². The van der Waals surface area contributed by atoms with Gasteiger partial charge in [0.1, 0.15) is 0 Å². The first-order chi connectivity index (χ1) is 6.29. The Kier molecular flexibility index (Phi) is 2.51. The van der Waals surface area contributed by atoms with E-state index in [1.165, 1.54) is 16.3 Å². The van der Waals surface area contributed by atoms with Gasteiger partial charge in [0.2, 0.25) is 0 Å². The maximum absolute atomic E-state index is 5.87. The highest BCUT2D eigenvalue weighted by Gasteiger charge is 2.04. The van der Waals surface area contributed by atoms with Crippen LogP contribution in [0.1, 0.15) is 9.61 Å². The Morgan fingerprint density at radius 3 is 2.46 bits per heavy atom. The number of nitrogens with two attached hydrogens (primary N) is 1. The molecule has 0 radical (unpaired) electrons. The third-order valence-corrected chi connectivity index (χ3v) is 2.79. The molecule has 1 unspecified atom stereocenters. The molecule has 66 valence electrons. The van der Waals surface area contributed by atoms with Crippen LogP contribution in [0.3, 0.4) is 0 Å². The van der Waals surface area contributed by atoms with Crippen LogP contribution < -0.4 is 5.73 Å². The van der Waals surface area contributed by atoms with E-state index in [4.69, 9.17) is 5.73 Å². The van der Waals surface area contributed by atoms with E-state index in [1.54, 1.807) is 0 Å². The molecule has 0 aliphatic carbocycles. The number of hydrogen-bond donors (Lipinski definition) is 1. The zero-order valence-corrected chi connectivity index (χ0v) is 9.23. The van der Waals surface area contributed by atoms with Crippen LogP contribution in [0.25, 0.3) is 10.8 Å². The zero-order chi connectivity index (χ0) is 9.26. The molecule has 13 heavy (non-hydrogen) atoms. The van der Waals surface area contributed by atoms with Crippen molar-refractivity contribution in [3.63, 3.8) is 0 Å². The van der Waals surface area contributed by atoms with Gasteiger partial charge in [0.05, 0.1) is 4.05 Å². The van der Waals surface area contributed by atoms with Crippen molar-refractivity contribution >= 4 is 33.4 Å². The average molecular weight is 283 g/mol. The van der Waals surface area contributed by atoms with Gasteiger partial charge in [-0.3, -0.25) is 0 Å². The van der Waals surface area contributed by atoms with E-state index in [1.807, 2.05) is 12.1 Å². The van der Waals surface area contributed by atoms with Gasteiger partial charge >= 0.3 is 0 Å². The summed E-state index contributed by atoms with van der Waals surface area (Å²) < 4.78 is 0.0729. The largest absolute Gasteiger partial charge is 0.316 e. The predicted octanol–water partition coefficient (Wildman–Crippen LogP) is 3.23. The summed E-state index contributed by atoms with van der Waals surface area (Å²) in [5.74, 6) is 0. The molecule has 0 aliphatic heterocycles. The molecule has 2 heteroatoms. The van der Waals surface area contributed by atoms with E-state index in [-0.39, 0.29) is 4.05 Å². The minimum Gasteiger partial charge on any atom is -0.316 e. The molecule has 1 nitrogen and oxygen atoms in total. The Balaban J connectivity index is 2.76. The summed E-state index contributed by atoms with van der Waals surface area (Å²) in [5.41, 5.74) is 7.07. The summed E-state index contributed by atoms with van der Waals surface area (Å²) >= 11 is 2.23. The minimum atomic E-state index is 0.0729. The standard InChI is InChI=1S/C11H10IN/c12-11(13)10-7-3-5-8-4-1-2-6-9(8)10/h1-7,11H,13H2. The van der Waals surface area contributed by atoms with Crippen LogP contribution >= 0.6 is 22.6 Å². The molecule has 0 heterocycles. The maximum Gasteiger partial charge on any atom is 0.0830 e. The van der Waals surface area contributed by atoms with E-state index in [9.17, 15) is 0 Å². The number of rotatable bonds is 1. The number of hydrogen-bond acceptors (Lipinski definition) is 1.